The molecule has 1 saturated heterocycles. The van der Waals surface area contributed by atoms with Gasteiger partial charge in [-0.1, -0.05) is 23.7 Å². The summed E-state index contributed by atoms with van der Waals surface area (Å²) in [7, 11) is 0. The fraction of sp³-hybridized carbons (Fsp3) is 0.353. The first-order valence-corrected chi connectivity index (χ1v) is 8.18. The number of carbonyl (C=O) groups is 1. The summed E-state index contributed by atoms with van der Waals surface area (Å²) in [6.07, 6.45) is 0.634. The molecule has 24 heavy (non-hydrogen) atoms. The summed E-state index contributed by atoms with van der Waals surface area (Å²) in [6.45, 7) is 4.91. The van der Waals surface area contributed by atoms with Crippen molar-refractivity contribution in [2.45, 2.75) is 26.4 Å². The molecule has 1 N–H and O–H groups in total. The lowest BCUT2D eigenvalue weighted by Crippen LogP contribution is -2.34. The van der Waals surface area contributed by atoms with Gasteiger partial charge in [-0.05, 0) is 32.0 Å². The van der Waals surface area contributed by atoms with Crippen molar-refractivity contribution >= 4 is 23.3 Å². The zero-order valence-corrected chi connectivity index (χ0v) is 14.4. The van der Waals surface area contributed by atoms with Crippen LogP contribution in [0.2, 0.25) is 5.02 Å². The van der Waals surface area contributed by atoms with Crippen LogP contribution in [0.1, 0.15) is 17.8 Å². The summed E-state index contributed by atoms with van der Waals surface area (Å²) in [5, 5.41) is 3.34. The molecule has 0 bridgehead atoms. The van der Waals surface area contributed by atoms with Crippen LogP contribution >= 0.6 is 11.6 Å². The van der Waals surface area contributed by atoms with Crippen LogP contribution in [0.15, 0.2) is 30.3 Å². The van der Waals surface area contributed by atoms with Crippen LogP contribution in [0.25, 0.3) is 0 Å². The smallest absolute Gasteiger partial charge is 0.322 e. The number of likely N-dealkylation sites (tertiary alicyclic amines) is 1. The minimum atomic E-state index is -0.185. The number of halogens is 1. The fourth-order valence-electron chi connectivity index (χ4n) is 2.66. The van der Waals surface area contributed by atoms with Gasteiger partial charge < -0.3 is 15.0 Å². The van der Waals surface area contributed by atoms with E-state index in [1.165, 1.54) is 0 Å². The molecule has 2 aromatic rings. The second-order valence-corrected chi connectivity index (χ2v) is 6.23. The number of hydrogen-bond acceptors (Lipinski definition) is 4. The van der Waals surface area contributed by atoms with Gasteiger partial charge in [-0.25, -0.2) is 14.8 Å². The number of benzene rings is 1. The van der Waals surface area contributed by atoms with E-state index in [1.807, 2.05) is 32.0 Å². The Bertz CT molecular complexity index is 733. The lowest BCUT2D eigenvalue weighted by molar-refractivity contribution is 0.183. The number of carbonyl (C=O) groups excluding carboxylic acids is 1. The number of amides is 2. The van der Waals surface area contributed by atoms with Gasteiger partial charge in [-0.3, -0.25) is 0 Å². The Labute approximate surface area is 145 Å². The molecule has 1 aromatic carbocycles. The van der Waals surface area contributed by atoms with Gasteiger partial charge in [-0.15, -0.1) is 0 Å². The normalized spacial score (nSPS) is 17.0. The maximum absolute atomic E-state index is 12.3. The Kier molecular flexibility index (Phi) is 4.85. The van der Waals surface area contributed by atoms with Crippen LogP contribution < -0.4 is 10.1 Å². The lowest BCUT2D eigenvalue weighted by atomic mass is 10.3. The minimum Gasteiger partial charge on any atom is -0.458 e. The standard InChI is InChI=1S/C17H19ClN4O2/c1-11-9-12(2)20-16(19-11)24-13-7-8-22(10-13)17(23)21-15-6-4-3-5-14(15)18/h3-6,9,13H,7-8,10H2,1-2H3,(H,21,23). The third-order valence-corrected chi connectivity index (χ3v) is 4.11. The molecule has 2 amide bonds. The second kappa shape index (κ2) is 7.05. The molecule has 1 atom stereocenters. The van der Waals surface area contributed by atoms with Gasteiger partial charge in [0.25, 0.3) is 0 Å². The minimum absolute atomic E-state index is 0.108. The summed E-state index contributed by atoms with van der Waals surface area (Å²) in [6, 6.07) is 9.24. The SMILES string of the molecule is Cc1cc(C)nc(OC2CCN(C(=O)Nc3ccccc3Cl)C2)n1. The Hall–Kier alpha value is -2.34. The quantitative estimate of drug-likeness (QED) is 0.924. The third kappa shape index (κ3) is 3.94. The molecule has 126 valence electrons. The Morgan fingerprint density at radius 3 is 2.71 bits per heavy atom. The number of ether oxygens (including phenoxy) is 1. The van der Waals surface area contributed by atoms with Crippen molar-refractivity contribution in [3.63, 3.8) is 0 Å². The Morgan fingerprint density at radius 2 is 2.00 bits per heavy atom. The van der Waals surface area contributed by atoms with Crippen molar-refractivity contribution < 1.29 is 9.53 Å². The van der Waals surface area contributed by atoms with Gasteiger partial charge in [0.1, 0.15) is 6.10 Å². The van der Waals surface area contributed by atoms with Gasteiger partial charge in [0, 0.05) is 24.4 Å². The summed E-state index contributed by atoms with van der Waals surface area (Å²) >= 11 is 6.07. The van der Waals surface area contributed by atoms with Crippen molar-refractivity contribution in [3.05, 3.63) is 46.7 Å². The van der Waals surface area contributed by atoms with E-state index in [9.17, 15) is 4.79 Å². The molecule has 1 aliphatic heterocycles. The highest BCUT2D eigenvalue weighted by atomic mass is 35.5. The number of aromatic nitrogens is 2. The molecule has 0 spiro atoms. The van der Waals surface area contributed by atoms with Crippen LogP contribution in [-0.4, -0.2) is 40.1 Å². The summed E-state index contributed by atoms with van der Waals surface area (Å²) in [5.41, 5.74) is 2.33. The zero-order chi connectivity index (χ0) is 17.1. The molecule has 3 rings (SSSR count). The molecular formula is C17H19ClN4O2. The highest BCUT2D eigenvalue weighted by Crippen LogP contribution is 2.22. The predicted octanol–water partition coefficient (Wildman–Crippen LogP) is 3.43. The average molecular weight is 347 g/mol. The lowest BCUT2D eigenvalue weighted by Gasteiger charge is -2.18. The maximum atomic E-state index is 12.3. The summed E-state index contributed by atoms with van der Waals surface area (Å²) in [4.78, 5) is 22.6. The first-order valence-electron chi connectivity index (χ1n) is 7.80. The predicted molar refractivity (Wildman–Crippen MR) is 92.6 cm³/mol. The molecule has 1 unspecified atom stereocenters. The fourth-order valence-corrected chi connectivity index (χ4v) is 2.84. The number of rotatable bonds is 3. The molecule has 6 nitrogen and oxygen atoms in total. The van der Waals surface area contributed by atoms with E-state index < -0.39 is 0 Å². The molecular weight excluding hydrogens is 328 g/mol. The van der Waals surface area contributed by atoms with Gasteiger partial charge in [-0.2, -0.15) is 0 Å². The maximum Gasteiger partial charge on any atom is 0.322 e. The van der Waals surface area contributed by atoms with Crippen molar-refractivity contribution in [2.75, 3.05) is 18.4 Å². The monoisotopic (exact) mass is 346 g/mol. The average Bonchev–Trinajstić information content (AvgIpc) is 2.97. The third-order valence-electron chi connectivity index (χ3n) is 3.78. The number of anilines is 1. The van der Waals surface area contributed by atoms with Gasteiger partial charge in [0.05, 0.1) is 17.3 Å². The number of para-hydroxylation sites is 1. The Morgan fingerprint density at radius 1 is 1.29 bits per heavy atom. The molecule has 2 heterocycles. The van der Waals surface area contributed by atoms with Crippen molar-refractivity contribution in [1.82, 2.24) is 14.9 Å². The van der Waals surface area contributed by atoms with Crippen LogP contribution in [0.3, 0.4) is 0 Å². The van der Waals surface area contributed by atoms with E-state index in [0.717, 1.165) is 17.8 Å². The van der Waals surface area contributed by atoms with E-state index in [0.29, 0.717) is 29.8 Å². The van der Waals surface area contributed by atoms with Gasteiger partial charge in [0.2, 0.25) is 0 Å². The van der Waals surface area contributed by atoms with Crippen molar-refractivity contribution in [3.8, 4) is 6.01 Å². The number of nitrogens with one attached hydrogen (secondary N) is 1. The molecule has 1 aliphatic rings. The van der Waals surface area contributed by atoms with E-state index in [1.54, 1.807) is 17.0 Å². The van der Waals surface area contributed by atoms with E-state index in [2.05, 4.69) is 15.3 Å². The van der Waals surface area contributed by atoms with Crippen LogP contribution in [0.5, 0.6) is 6.01 Å². The van der Waals surface area contributed by atoms with E-state index in [4.69, 9.17) is 16.3 Å². The molecule has 7 heteroatoms. The van der Waals surface area contributed by atoms with Crippen molar-refractivity contribution in [1.29, 1.82) is 0 Å². The summed E-state index contributed by atoms with van der Waals surface area (Å²) in [5.74, 6) is 0. The van der Waals surface area contributed by atoms with E-state index >= 15 is 0 Å². The molecule has 1 fully saturated rings. The number of hydrogen-bond donors (Lipinski definition) is 1. The first kappa shape index (κ1) is 16.5. The van der Waals surface area contributed by atoms with Gasteiger partial charge in [0.15, 0.2) is 0 Å². The molecule has 0 aliphatic carbocycles. The largest absolute Gasteiger partial charge is 0.458 e. The van der Waals surface area contributed by atoms with Crippen LogP contribution in [0, 0.1) is 13.8 Å². The highest BCUT2D eigenvalue weighted by Gasteiger charge is 2.28. The van der Waals surface area contributed by atoms with Crippen LogP contribution in [0.4, 0.5) is 10.5 Å². The second-order valence-electron chi connectivity index (χ2n) is 5.82. The topological polar surface area (TPSA) is 67.3 Å². The Balaban J connectivity index is 1.58. The molecule has 0 radical (unpaired) electrons. The van der Waals surface area contributed by atoms with E-state index in [-0.39, 0.29) is 12.1 Å². The number of nitrogens with zero attached hydrogens (tertiary/aromatic N) is 3. The number of aryl methyl sites for hydroxylation is 2. The highest BCUT2D eigenvalue weighted by molar-refractivity contribution is 6.33. The summed E-state index contributed by atoms with van der Waals surface area (Å²) < 4.78 is 5.82. The zero-order valence-electron chi connectivity index (χ0n) is 13.6. The molecule has 1 aromatic heterocycles. The number of urea groups is 1. The van der Waals surface area contributed by atoms with Crippen molar-refractivity contribution in [2.24, 2.45) is 0 Å². The first-order chi connectivity index (χ1) is 11.5. The molecule has 0 saturated carbocycles. The van der Waals surface area contributed by atoms with Gasteiger partial charge >= 0.3 is 12.0 Å². The van der Waals surface area contributed by atoms with Crippen LogP contribution in [-0.2, 0) is 0 Å².